The predicted octanol–water partition coefficient (Wildman–Crippen LogP) is 4.71. The summed E-state index contributed by atoms with van der Waals surface area (Å²) in [5, 5.41) is 3.43. The third kappa shape index (κ3) is 1.51. The Morgan fingerprint density at radius 1 is 1.54 bits per heavy atom. The van der Waals surface area contributed by atoms with Crippen molar-refractivity contribution in [3.8, 4) is 0 Å². The van der Waals surface area contributed by atoms with Crippen molar-refractivity contribution in [3.05, 3.63) is 33.1 Å². The van der Waals surface area contributed by atoms with Crippen molar-refractivity contribution in [2.75, 3.05) is 0 Å². The van der Waals surface area contributed by atoms with Crippen LogP contribution < -0.4 is 0 Å². The van der Waals surface area contributed by atoms with Gasteiger partial charge in [0.15, 0.2) is 0 Å². The van der Waals surface area contributed by atoms with E-state index in [4.69, 9.17) is 11.6 Å². The number of halogens is 2. The van der Waals surface area contributed by atoms with Gasteiger partial charge in [0.1, 0.15) is 0 Å². The Bertz CT molecular complexity index is 447. The molecule has 1 heterocycles. The molecule has 0 fully saturated rings. The van der Waals surface area contributed by atoms with Crippen LogP contribution in [-0.4, -0.2) is 0 Å². The molecule has 0 unspecified atom stereocenters. The van der Waals surface area contributed by atoms with Gasteiger partial charge in [-0.05, 0) is 40.9 Å². The third-order valence-corrected chi connectivity index (χ3v) is 4.08. The first kappa shape index (κ1) is 9.50. The molecule has 3 heteroatoms. The predicted molar refractivity (Wildman–Crippen MR) is 63.8 cm³/mol. The molecular weight excluding hydrogens is 268 g/mol. The average Bonchev–Trinajstić information content (AvgIpc) is 2.53. The molecule has 0 amide bonds. The topological polar surface area (TPSA) is 0 Å². The van der Waals surface area contributed by atoms with E-state index in [1.165, 1.54) is 21.2 Å². The summed E-state index contributed by atoms with van der Waals surface area (Å²) in [5.41, 5.74) is 2.51. The van der Waals surface area contributed by atoms with E-state index in [1.54, 1.807) is 11.3 Å². The fourth-order valence-corrected chi connectivity index (χ4v) is 3.79. The highest BCUT2D eigenvalue weighted by Gasteiger charge is 2.08. The molecule has 2 aromatic rings. The lowest BCUT2D eigenvalue weighted by atomic mass is 10.1. The highest BCUT2D eigenvalue weighted by molar-refractivity contribution is 9.10. The first-order valence-electron chi connectivity index (χ1n) is 3.95. The molecule has 13 heavy (non-hydrogen) atoms. The molecule has 0 aliphatic rings. The molecule has 0 radical (unpaired) electrons. The Kier molecular flexibility index (Phi) is 2.63. The molecule has 0 nitrogen and oxygen atoms in total. The average molecular weight is 276 g/mol. The molecule has 0 N–H and O–H groups in total. The third-order valence-electron chi connectivity index (χ3n) is 2.13. The lowest BCUT2D eigenvalue weighted by Crippen LogP contribution is -1.83. The molecule has 0 aliphatic carbocycles. The normalized spacial score (nSPS) is 11.0. The van der Waals surface area contributed by atoms with E-state index in [1.807, 2.05) is 0 Å². The van der Waals surface area contributed by atoms with Crippen LogP contribution in [-0.2, 0) is 5.88 Å². The first-order chi connectivity index (χ1) is 6.24. The van der Waals surface area contributed by atoms with E-state index in [0.717, 1.165) is 4.47 Å². The van der Waals surface area contributed by atoms with Gasteiger partial charge in [0.05, 0.1) is 0 Å². The molecule has 0 saturated carbocycles. The minimum Gasteiger partial charge on any atom is -0.143 e. The maximum Gasteiger partial charge on any atom is 0.0499 e. The first-order valence-corrected chi connectivity index (χ1v) is 6.16. The van der Waals surface area contributed by atoms with E-state index in [0.29, 0.717) is 5.88 Å². The van der Waals surface area contributed by atoms with Crippen LogP contribution in [0.1, 0.15) is 11.1 Å². The lowest BCUT2D eigenvalue weighted by molar-refractivity contribution is 1.40. The lowest BCUT2D eigenvalue weighted by Gasteiger charge is -2.04. The van der Waals surface area contributed by atoms with Crippen LogP contribution >= 0.6 is 38.9 Å². The van der Waals surface area contributed by atoms with E-state index >= 15 is 0 Å². The van der Waals surface area contributed by atoms with Gasteiger partial charge in [-0.25, -0.2) is 0 Å². The van der Waals surface area contributed by atoms with Crippen molar-refractivity contribution in [3.63, 3.8) is 0 Å². The van der Waals surface area contributed by atoms with Gasteiger partial charge in [-0.2, -0.15) is 0 Å². The fraction of sp³-hybridized carbons (Fsp3) is 0.200. The second kappa shape index (κ2) is 3.60. The minimum atomic E-state index is 0.567. The van der Waals surface area contributed by atoms with Crippen LogP contribution in [0, 0.1) is 6.92 Å². The van der Waals surface area contributed by atoms with Gasteiger partial charge in [-0.1, -0.05) is 15.9 Å². The number of aryl methyl sites for hydroxylation is 1. The Hall–Kier alpha value is -0.0500. The number of thiophene rings is 1. The SMILES string of the molecule is Cc1cc(Br)c(CCl)c2sccc12. The summed E-state index contributed by atoms with van der Waals surface area (Å²) in [7, 11) is 0. The summed E-state index contributed by atoms with van der Waals surface area (Å²) in [6.45, 7) is 2.12. The Balaban J connectivity index is 2.88. The summed E-state index contributed by atoms with van der Waals surface area (Å²) >= 11 is 11.2. The van der Waals surface area contributed by atoms with Gasteiger partial charge < -0.3 is 0 Å². The highest BCUT2D eigenvalue weighted by atomic mass is 79.9. The van der Waals surface area contributed by atoms with Gasteiger partial charge in [0.2, 0.25) is 0 Å². The van der Waals surface area contributed by atoms with E-state index in [2.05, 4.69) is 40.4 Å². The molecule has 0 spiro atoms. The Morgan fingerprint density at radius 3 is 3.00 bits per heavy atom. The number of fused-ring (bicyclic) bond motifs is 1. The largest absolute Gasteiger partial charge is 0.143 e. The van der Waals surface area contributed by atoms with E-state index in [9.17, 15) is 0 Å². The number of benzene rings is 1. The summed E-state index contributed by atoms with van der Waals surface area (Å²) < 4.78 is 2.43. The number of hydrogen-bond donors (Lipinski definition) is 0. The quantitative estimate of drug-likeness (QED) is 0.661. The van der Waals surface area contributed by atoms with Gasteiger partial charge in [0, 0.05) is 15.1 Å². The van der Waals surface area contributed by atoms with Gasteiger partial charge >= 0.3 is 0 Å². The Morgan fingerprint density at radius 2 is 2.31 bits per heavy atom. The molecule has 68 valence electrons. The number of hydrogen-bond acceptors (Lipinski definition) is 1. The van der Waals surface area contributed by atoms with Crippen LogP contribution in [0.3, 0.4) is 0 Å². The molecular formula is C10H8BrClS. The zero-order chi connectivity index (χ0) is 9.42. The van der Waals surface area contributed by atoms with Gasteiger partial charge in [-0.15, -0.1) is 22.9 Å². The number of alkyl halides is 1. The molecule has 0 aliphatic heterocycles. The van der Waals surface area contributed by atoms with Gasteiger partial charge in [0.25, 0.3) is 0 Å². The zero-order valence-corrected chi connectivity index (χ0v) is 10.3. The maximum absolute atomic E-state index is 5.90. The second-order valence-electron chi connectivity index (χ2n) is 2.95. The standard InChI is InChI=1S/C10H8BrClS/c1-6-4-9(11)8(5-12)10-7(6)2-3-13-10/h2-4H,5H2,1H3. The summed E-state index contributed by atoms with van der Waals surface area (Å²) in [6.07, 6.45) is 0. The molecule has 2 rings (SSSR count). The van der Waals surface area contributed by atoms with Crippen molar-refractivity contribution in [1.82, 2.24) is 0 Å². The van der Waals surface area contributed by atoms with Gasteiger partial charge in [-0.3, -0.25) is 0 Å². The molecule has 0 atom stereocenters. The zero-order valence-electron chi connectivity index (χ0n) is 7.10. The van der Waals surface area contributed by atoms with Crippen LogP contribution in [0.5, 0.6) is 0 Å². The van der Waals surface area contributed by atoms with Crippen LogP contribution in [0.4, 0.5) is 0 Å². The molecule has 0 bridgehead atoms. The summed E-state index contributed by atoms with van der Waals surface area (Å²) in [6, 6.07) is 4.28. The van der Waals surface area contributed by atoms with Crippen molar-refractivity contribution in [2.24, 2.45) is 0 Å². The van der Waals surface area contributed by atoms with Crippen molar-refractivity contribution >= 4 is 49.0 Å². The fourth-order valence-electron chi connectivity index (χ4n) is 1.44. The maximum atomic E-state index is 5.90. The van der Waals surface area contributed by atoms with Crippen molar-refractivity contribution in [2.45, 2.75) is 12.8 Å². The monoisotopic (exact) mass is 274 g/mol. The smallest absolute Gasteiger partial charge is 0.0499 e. The van der Waals surface area contributed by atoms with Crippen LogP contribution in [0.15, 0.2) is 22.0 Å². The highest BCUT2D eigenvalue weighted by Crippen LogP contribution is 2.34. The number of rotatable bonds is 1. The van der Waals surface area contributed by atoms with Crippen LogP contribution in [0.2, 0.25) is 0 Å². The molecule has 1 aromatic heterocycles. The van der Waals surface area contributed by atoms with E-state index < -0.39 is 0 Å². The molecule has 0 saturated heterocycles. The second-order valence-corrected chi connectivity index (χ2v) is 4.99. The summed E-state index contributed by atoms with van der Waals surface area (Å²) in [4.78, 5) is 0. The van der Waals surface area contributed by atoms with Crippen molar-refractivity contribution in [1.29, 1.82) is 0 Å². The molecule has 1 aromatic carbocycles. The Labute approximate surface area is 94.7 Å². The summed E-state index contributed by atoms with van der Waals surface area (Å²) in [5.74, 6) is 0.567. The van der Waals surface area contributed by atoms with Crippen LogP contribution in [0.25, 0.3) is 10.1 Å². The van der Waals surface area contributed by atoms with E-state index in [-0.39, 0.29) is 0 Å². The minimum absolute atomic E-state index is 0.567. The van der Waals surface area contributed by atoms with Crippen molar-refractivity contribution < 1.29 is 0 Å².